The quantitative estimate of drug-likeness (QED) is 0.695. The third-order valence-electron chi connectivity index (χ3n) is 1.63. The Morgan fingerprint density at radius 1 is 1.43 bits per heavy atom. The molecule has 2 aromatic rings. The van der Waals surface area contributed by atoms with Gasteiger partial charge in [-0.2, -0.15) is 5.26 Å². The molecule has 4 heteroatoms. The van der Waals surface area contributed by atoms with Crippen LogP contribution in [0.4, 0.5) is 4.39 Å². The highest BCUT2D eigenvalue weighted by molar-refractivity contribution is 5.76. The molecule has 0 atom stereocenters. The van der Waals surface area contributed by atoms with Gasteiger partial charge in [-0.05, 0) is 6.07 Å². The van der Waals surface area contributed by atoms with Crippen LogP contribution in [0.2, 0.25) is 0 Å². The molecule has 1 aromatic heterocycles. The lowest BCUT2D eigenvalue weighted by Gasteiger charge is -1.91. The Morgan fingerprint density at radius 2 is 2.14 bits per heavy atom. The molecule has 2 rings (SSSR count). The fourth-order valence-corrected chi connectivity index (χ4v) is 1.04. The van der Waals surface area contributed by atoms with E-state index in [1.165, 1.54) is 18.5 Å². The van der Waals surface area contributed by atoms with Crippen molar-refractivity contribution in [3.63, 3.8) is 0 Å². The van der Waals surface area contributed by atoms with E-state index in [1.807, 2.05) is 13.8 Å². The van der Waals surface area contributed by atoms with E-state index < -0.39 is 5.82 Å². The Labute approximate surface area is 81.2 Å². The van der Waals surface area contributed by atoms with E-state index in [4.69, 9.17) is 5.26 Å². The molecule has 1 heterocycles. The zero-order chi connectivity index (χ0) is 10.6. The van der Waals surface area contributed by atoms with Crippen LogP contribution in [0.25, 0.3) is 11.0 Å². The second-order valence-electron chi connectivity index (χ2n) is 2.36. The van der Waals surface area contributed by atoms with Gasteiger partial charge in [0.1, 0.15) is 11.9 Å². The molecule has 3 nitrogen and oxygen atoms in total. The molecule has 0 aliphatic rings. The summed E-state index contributed by atoms with van der Waals surface area (Å²) < 4.78 is 12.9. The second kappa shape index (κ2) is 4.38. The Bertz CT molecular complexity index is 468. The van der Waals surface area contributed by atoms with E-state index in [-0.39, 0.29) is 5.56 Å². The minimum absolute atomic E-state index is 0.0228. The van der Waals surface area contributed by atoms with Crippen LogP contribution in [0.5, 0.6) is 0 Å². The number of benzene rings is 1. The van der Waals surface area contributed by atoms with Crippen LogP contribution in [0.15, 0.2) is 18.5 Å². The summed E-state index contributed by atoms with van der Waals surface area (Å²) in [5.41, 5.74) is 1.23. The highest BCUT2D eigenvalue weighted by Gasteiger charge is 2.04. The monoisotopic (exact) mass is 191 g/mol. The van der Waals surface area contributed by atoms with E-state index in [0.717, 1.165) is 0 Å². The van der Waals surface area contributed by atoms with Crippen molar-refractivity contribution in [2.75, 3.05) is 0 Å². The van der Waals surface area contributed by atoms with Gasteiger partial charge in [0.15, 0.2) is 0 Å². The first-order chi connectivity index (χ1) is 6.81. The van der Waals surface area contributed by atoms with Crippen molar-refractivity contribution in [1.29, 1.82) is 5.26 Å². The Kier molecular flexibility index (Phi) is 3.19. The van der Waals surface area contributed by atoms with E-state index in [1.54, 1.807) is 6.07 Å². The van der Waals surface area contributed by atoms with Crippen LogP contribution >= 0.6 is 0 Å². The van der Waals surface area contributed by atoms with Gasteiger partial charge in [0.2, 0.25) is 0 Å². The summed E-state index contributed by atoms with van der Waals surface area (Å²) in [4.78, 5) is 6.65. The summed E-state index contributed by atoms with van der Waals surface area (Å²) in [7, 11) is 0. The fraction of sp³-hybridized carbons (Fsp3) is 0.200. The Morgan fingerprint density at radius 3 is 2.79 bits per heavy atom. The zero-order valence-corrected chi connectivity index (χ0v) is 8.00. The molecular weight excluding hydrogens is 181 g/mol. The van der Waals surface area contributed by atoms with E-state index >= 15 is 0 Å². The molecule has 0 fully saturated rings. The van der Waals surface area contributed by atoms with Crippen molar-refractivity contribution in [2.24, 2.45) is 0 Å². The molecule has 0 bridgehead atoms. The standard InChI is InChI=1S/C8H4FN3.C2H6/c9-6-2-8-7(11-4-12-8)1-5(6)3-10;1-2/h1-2,4H,(H,11,12);1-2H3. The lowest BCUT2D eigenvalue weighted by molar-refractivity contribution is 0.625. The number of imidazole rings is 1. The molecule has 0 unspecified atom stereocenters. The molecule has 1 N–H and O–H groups in total. The van der Waals surface area contributed by atoms with Crippen LogP contribution in [-0.4, -0.2) is 9.97 Å². The van der Waals surface area contributed by atoms with Crippen molar-refractivity contribution in [3.05, 3.63) is 29.8 Å². The molecule has 0 amide bonds. The minimum Gasteiger partial charge on any atom is -0.345 e. The maximum atomic E-state index is 12.9. The van der Waals surface area contributed by atoms with Gasteiger partial charge in [-0.15, -0.1) is 0 Å². The number of aromatic amines is 1. The number of hydrogen-bond acceptors (Lipinski definition) is 2. The number of H-pyrrole nitrogens is 1. The summed E-state index contributed by atoms with van der Waals surface area (Å²) in [6.45, 7) is 4.00. The van der Waals surface area contributed by atoms with Crippen LogP contribution in [0, 0.1) is 17.1 Å². The molecule has 0 radical (unpaired) electrons. The van der Waals surface area contributed by atoms with Crippen molar-refractivity contribution in [1.82, 2.24) is 9.97 Å². The highest BCUT2D eigenvalue weighted by atomic mass is 19.1. The number of nitrogens with zero attached hydrogens (tertiary/aromatic N) is 2. The zero-order valence-electron chi connectivity index (χ0n) is 8.00. The van der Waals surface area contributed by atoms with E-state index in [2.05, 4.69) is 9.97 Å². The number of fused-ring (bicyclic) bond motifs is 1. The van der Waals surface area contributed by atoms with Crippen LogP contribution in [0.1, 0.15) is 19.4 Å². The van der Waals surface area contributed by atoms with Crippen molar-refractivity contribution in [3.8, 4) is 6.07 Å². The third kappa shape index (κ3) is 1.72. The van der Waals surface area contributed by atoms with Gasteiger partial charge < -0.3 is 4.98 Å². The molecule has 0 aliphatic heterocycles. The number of hydrogen-bond donors (Lipinski definition) is 1. The first-order valence-corrected chi connectivity index (χ1v) is 4.34. The molecule has 14 heavy (non-hydrogen) atoms. The average molecular weight is 191 g/mol. The first-order valence-electron chi connectivity index (χ1n) is 4.34. The number of nitrogens with one attached hydrogen (secondary N) is 1. The van der Waals surface area contributed by atoms with Gasteiger partial charge in [0.25, 0.3) is 0 Å². The SMILES string of the molecule is CC.N#Cc1cc2nc[nH]c2cc1F. The molecule has 1 aromatic carbocycles. The van der Waals surface area contributed by atoms with Crippen molar-refractivity contribution < 1.29 is 4.39 Å². The Balaban J connectivity index is 0.000000461. The molecule has 0 saturated heterocycles. The molecular formula is C10H10FN3. The summed E-state index contributed by atoms with van der Waals surface area (Å²) >= 11 is 0. The Hall–Kier alpha value is -1.89. The van der Waals surface area contributed by atoms with Gasteiger partial charge >= 0.3 is 0 Å². The normalized spacial score (nSPS) is 9.00. The molecule has 0 spiro atoms. The van der Waals surface area contributed by atoms with Gasteiger partial charge in [-0.25, -0.2) is 9.37 Å². The summed E-state index contributed by atoms with van der Waals surface area (Å²) in [5, 5.41) is 8.49. The minimum atomic E-state index is -0.519. The smallest absolute Gasteiger partial charge is 0.143 e. The number of halogens is 1. The average Bonchev–Trinajstić information content (AvgIpc) is 2.66. The van der Waals surface area contributed by atoms with E-state index in [0.29, 0.717) is 11.0 Å². The predicted molar refractivity (Wildman–Crippen MR) is 52.1 cm³/mol. The van der Waals surface area contributed by atoms with Crippen molar-refractivity contribution >= 4 is 11.0 Å². The predicted octanol–water partition coefficient (Wildman–Crippen LogP) is 2.60. The molecule has 0 aliphatic carbocycles. The summed E-state index contributed by atoms with van der Waals surface area (Å²) in [6, 6.07) is 4.43. The summed E-state index contributed by atoms with van der Waals surface area (Å²) in [5.74, 6) is -0.519. The van der Waals surface area contributed by atoms with Gasteiger partial charge in [0.05, 0.1) is 22.9 Å². The largest absolute Gasteiger partial charge is 0.345 e. The molecule has 72 valence electrons. The van der Waals surface area contributed by atoms with Crippen LogP contribution in [-0.2, 0) is 0 Å². The van der Waals surface area contributed by atoms with E-state index in [9.17, 15) is 4.39 Å². The van der Waals surface area contributed by atoms with Gasteiger partial charge in [0, 0.05) is 6.07 Å². The maximum Gasteiger partial charge on any atom is 0.143 e. The maximum absolute atomic E-state index is 12.9. The lowest BCUT2D eigenvalue weighted by atomic mass is 10.2. The number of nitriles is 1. The van der Waals surface area contributed by atoms with Crippen molar-refractivity contribution in [2.45, 2.75) is 13.8 Å². The number of rotatable bonds is 0. The third-order valence-corrected chi connectivity index (χ3v) is 1.63. The highest BCUT2D eigenvalue weighted by Crippen LogP contribution is 2.14. The second-order valence-corrected chi connectivity index (χ2v) is 2.36. The number of aromatic nitrogens is 2. The topological polar surface area (TPSA) is 52.5 Å². The lowest BCUT2D eigenvalue weighted by Crippen LogP contribution is -1.82. The molecule has 0 saturated carbocycles. The van der Waals surface area contributed by atoms with Gasteiger partial charge in [-0.3, -0.25) is 0 Å². The van der Waals surface area contributed by atoms with Crippen LogP contribution in [0.3, 0.4) is 0 Å². The fourth-order valence-electron chi connectivity index (χ4n) is 1.04. The van der Waals surface area contributed by atoms with Gasteiger partial charge in [-0.1, -0.05) is 13.8 Å². The van der Waals surface area contributed by atoms with Crippen LogP contribution < -0.4 is 0 Å². The first kappa shape index (κ1) is 10.2. The summed E-state index contributed by atoms with van der Waals surface area (Å²) in [6.07, 6.45) is 1.46.